The maximum atomic E-state index is 13.2. The van der Waals surface area contributed by atoms with Crippen LogP contribution in [-0.2, 0) is 0 Å². The summed E-state index contributed by atoms with van der Waals surface area (Å²) in [5.74, 6) is -0.106. The molecule has 2 aromatic carbocycles. The molecule has 0 aromatic heterocycles. The van der Waals surface area contributed by atoms with E-state index in [1.54, 1.807) is 18.2 Å². The molecule has 0 saturated carbocycles. The third kappa shape index (κ3) is 2.76. The molecule has 6 heteroatoms. The van der Waals surface area contributed by atoms with Crippen molar-refractivity contribution in [2.75, 3.05) is 18.2 Å². The quantitative estimate of drug-likeness (QED) is 0.846. The summed E-state index contributed by atoms with van der Waals surface area (Å²) in [5.41, 5.74) is 7.48. The lowest BCUT2D eigenvalue weighted by molar-refractivity contribution is 0.416. The van der Waals surface area contributed by atoms with Gasteiger partial charge in [-0.05, 0) is 18.2 Å². The number of rotatable bonds is 3. The summed E-state index contributed by atoms with van der Waals surface area (Å²) in [5, 5.41) is 11.8. The first-order valence-corrected chi connectivity index (χ1v) is 6.02. The Morgan fingerprint density at radius 1 is 1.30 bits per heavy atom. The minimum absolute atomic E-state index is 0.0330. The zero-order chi connectivity index (χ0) is 14.7. The Morgan fingerprint density at radius 2 is 2.05 bits per heavy atom. The molecule has 0 amide bonds. The molecule has 0 unspecified atom stereocenters. The third-order valence-corrected chi connectivity index (χ3v) is 2.98. The summed E-state index contributed by atoms with van der Waals surface area (Å²) in [6.45, 7) is 0. The van der Waals surface area contributed by atoms with Crippen LogP contribution in [0.1, 0.15) is 5.56 Å². The highest BCUT2D eigenvalue weighted by Gasteiger charge is 2.10. The van der Waals surface area contributed by atoms with Crippen LogP contribution in [-0.4, -0.2) is 7.11 Å². The number of nitrogen functional groups attached to an aromatic ring is 1. The molecule has 0 atom stereocenters. The Balaban J connectivity index is 2.40. The van der Waals surface area contributed by atoms with Gasteiger partial charge in [-0.25, -0.2) is 4.39 Å². The fraction of sp³-hybridized carbons (Fsp3) is 0.0714. The predicted molar refractivity (Wildman–Crippen MR) is 76.8 cm³/mol. The van der Waals surface area contributed by atoms with Crippen molar-refractivity contribution < 1.29 is 9.13 Å². The van der Waals surface area contributed by atoms with E-state index in [0.717, 1.165) is 6.07 Å². The van der Waals surface area contributed by atoms with Crippen molar-refractivity contribution in [2.45, 2.75) is 0 Å². The molecule has 2 rings (SSSR count). The van der Waals surface area contributed by atoms with Crippen LogP contribution in [0.4, 0.5) is 21.5 Å². The number of ether oxygens (including phenoxy) is 1. The zero-order valence-electron chi connectivity index (χ0n) is 10.6. The second-order valence-electron chi connectivity index (χ2n) is 4.01. The highest BCUT2D eigenvalue weighted by Crippen LogP contribution is 2.33. The van der Waals surface area contributed by atoms with Gasteiger partial charge in [0.15, 0.2) is 0 Å². The van der Waals surface area contributed by atoms with E-state index in [1.807, 2.05) is 6.07 Å². The lowest BCUT2D eigenvalue weighted by Gasteiger charge is -2.13. The Morgan fingerprint density at radius 3 is 2.70 bits per heavy atom. The molecule has 20 heavy (non-hydrogen) atoms. The molecule has 0 radical (unpaired) electrons. The van der Waals surface area contributed by atoms with Gasteiger partial charge in [-0.3, -0.25) is 0 Å². The van der Waals surface area contributed by atoms with Gasteiger partial charge in [-0.1, -0.05) is 11.6 Å². The van der Waals surface area contributed by atoms with Gasteiger partial charge in [0.1, 0.15) is 11.6 Å². The van der Waals surface area contributed by atoms with Crippen molar-refractivity contribution in [3.8, 4) is 11.8 Å². The standard InChI is InChI=1S/C14H11ClFN3O/c1-20-14-4-8(7-17)2-3-12(14)19-13-5-9(15)10(16)6-11(13)18/h2-6,19H,18H2,1H3. The van der Waals surface area contributed by atoms with E-state index >= 15 is 0 Å². The lowest BCUT2D eigenvalue weighted by Crippen LogP contribution is -1.99. The van der Waals surface area contributed by atoms with Gasteiger partial charge in [0.05, 0.1) is 40.8 Å². The van der Waals surface area contributed by atoms with Gasteiger partial charge in [-0.2, -0.15) is 5.26 Å². The number of hydrogen-bond acceptors (Lipinski definition) is 4. The number of nitriles is 1. The van der Waals surface area contributed by atoms with Crippen molar-refractivity contribution in [2.24, 2.45) is 0 Å². The van der Waals surface area contributed by atoms with E-state index in [0.29, 0.717) is 22.7 Å². The number of methoxy groups -OCH3 is 1. The summed E-state index contributed by atoms with van der Waals surface area (Å²) in [6, 6.07) is 9.44. The number of hydrogen-bond donors (Lipinski definition) is 2. The summed E-state index contributed by atoms with van der Waals surface area (Å²) in [6.07, 6.45) is 0. The summed E-state index contributed by atoms with van der Waals surface area (Å²) < 4.78 is 18.4. The molecule has 0 heterocycles. The van der Waals surface area contributed by atoms with Crippen LogP contribution < -0.4 is 15.8 Å². The van der Waals surface area contributed by atoms with Crippen LogP contribution in [0.3, 0.4) is 0 Å². The van der Waals surface area contributed by atoms with Gasteiger partial charge in [0, 0.05) is 12.1 Å². The number of nitrogens with two attached hydrogens (primary N) is 1. The minimum Gasteiger partial charge on any atom is -0.495 e. The number of anilines is 3. The number of nitrogens with zero attached hydrogens (tertiary/aromatic N) is 1. The second-order valence-corrected chi connectivity index (χ2v) is 4.41. The SMILES string of the molecule is COc1cc(C#N)ccc1Nc1cc(Cl)c(F)cc1N. The number of nitrogens with one attached hydrogen (secondary N) is 1. The number of benzene rings is 2. The topological polar surface area (TPSA) is 71.1 Å². The average molecular weight is 292 g/mol. The molecule has 3 N–H and O–H groups in total. The monoisotopic (exact) mass is 291 g/mol. The van der Waals surface area contributed by atoms with Gasteiger partial charge < -0.3 is 15.8 Å². The summed E-state index contributed by atoms with van der Waals surface area (Å²) in [4.78, 5) is 0. The Bertz CT molecular complexity index is 698. The summed E-state index contributed by atoms with van der Waals surface area (Å²) in [7, 11) is 1.49. The van der Waals surface area contributed by atoms with Crippen LogP contribution in [0.15, 0.2) is 30.3 Å². The van der Waals surface area contributed by atoms with Gasteiger partial charge in [0.2, 0.25) is 0 Å². The fourth-order valence-electron chi connectivity index (χ4n) is 1.68. The molecule has 0 aliphatic rings. The van der Waals surface area contributed by atoms with Crippen molar-refractivity contribution >= 4 is 28.7 Å². The first kappa shape index (κ1) is 14.0. The van der Waals surface area contributed by atoms with E-state index in [9.17, 15) is 4.39 Å². The molecule has 0 spiro atoms. The zero-order valence-corrected chi connectivity index (χ0v) is 11.3. The van der Waals surface area contributed by atoms with Gasteiger partial charge in [0.25, 0.3) is 0 Å². The first-order chi connectivity index (χ1) is 9.55. The van der Waals surface area contributed by atoms with Crippen LogP contribution >= 0.6 is 11.6 Å². The number of halogens is 2. The largest absolute Gasteiger partial charge is 0.495 e. The Labute approximate surface area is 120 Å². The van der Waals surface area contributed by atoms with E-state index in [1.165, 1.54) is 13.2 Å². The van der Waals surface area contributed by atoms with Crippen LogP contribution in [0.5, 0.6) is 5.75 Å². The van der Waals surface area contributed by atoms with Crippen LogP contribution in [0.25, 0.3) is 0 Å². The molecule has 102 valence electrons. The van der Waals surface area contributed by atoms with E-state index in [-0.39, 0.29) is 10.7 Å². The Kier molecular flexibility index (Phi) is 3.97. The van der Waals surface area contributed by atoms with E-state index < -0.39 is 5.82 Å². The molecular weight excluding hydrogens is 281 g/mol. The molecule has 0 bridgehead atoms. The fourth-order valence-corrected chi connectivity index (χ4v) is 1.84. The van der Waals surface area contributed by atoms with Gasteiger partial charge >= 0.3 is 0 Å². The summed E-state index contributed by atoms with van der Waals surface area (Å²) >= 11 is 5.73. The van der Waals surface area contributed by atoms with Gasteiger partial charge in [-0.15, -0.1) is 0 Å². The lowest BCUT2D eigenvalue weighted by atomic mass is 10.2. The molecule has 2 aromatic rings. The van der Waals surface area contributed by atoms with Crippen molar-refractivity contribution in [3.05, 3.63) is 46.7 Å². The van der Waals surface area contributed by atoms with Crippen LogP contribution in [0.2, 0.25) is 5.02 Å². The molecule has 0 aliphatic carbocycles. The maximum absolute atomic E-state index is 13.2. The molecular formula is C14H11ClFN3O. The van der Waals surface area contributed by atoms with Crippen molar-refractivity contribution in [3.63, 3.8) is 0 Å². The molecule has 0 saturated heterocycles. The smallest absolute Gasteiger partial charge is 0.143 e. The van der Waals surface area contributed by atoms with E-state index in [4.69, 9.17) is 27.3 Å². The second kappa shape index (κ2) is 5.68. The molecule has 4 nitrogen and oxygen atoms in total. The Hall–Kier alpha value is -2.45. The molecule has 0 aliphatic heterocycles. The predicted octanol–water partition coefficient (Wildman–Crippen LogP) is 3.69. The maximum Gasteiger partial charge on any atom is 0.143 e. The minimum atomic E-state index is -0.582. The first-order valence-electron chi connectivity index (χ1n) is 5.65. The highest BCUT2D eigenvalue weighted by atomic mass is 35.5. The van der Waals surface area contributed by atoms with E-state index in [2.05, 4.69) is 5.32 Å². The highest BCUT2D eigenvalue weighted by molar-refractivity contribution is 6.31. The third-order valence-electron chi connectivity index (χ3n) is 2.69. The van der Waals surface area contributed by atoms with Crippen molar-refractivity contribution in [1.29, 1.82) is 5.26 Å². The normalized spacial score (nSPS) is 9.90. The molecule has 0 fully saturated rings. The van der Waals surface area contributed by atoms with Crippen molar-refractivity contribution in [1.82, 2.24) is 0 Å². The average Bonchev–Trinajstić information content (AvgIpc) is 2.45. The van der Waals surface area contributed by atoms with Crippen LogP contribution in [0, 0.1) is 17.1 Å².